The lowest BCUT2D eigenvalue weighted by Crippen LogP contribution is -2.40. The third-order valence-corrected chi connectivity index (χ3v) is 5.19. The third-order valence-electron chi connectivity index (χ3n) is 2.59. The minimum atomic E-state index is -4.04. The number of likely N-dealkylation sites (N-methyl/N-ethyl adjacent to an activating group) is 1. The van der Waals surface area contributed by atoms with Gasteiger partial charge in [-0.15, -0.1) is 0 Å². The molecule has 1 aromatic carbocycles. The predicted octanol–water partition coefficient (Wildman–Crippen LogP) is 1.70. The summed E-state index contributed by atoms with van der Waals surface area (Å²) in [4.78, 5) is -0.585. The van der Waals surface area contributed by atoms with Gasteiger partial charge in [0.15, 0.2) is 0 Å². The van der Waals surface area contributed by atoms with E-state index in [4.69, 9.17) is 5.73 Å². The molecule has 1 unspecified atom stereocenters. The third kappa shape index (κ3) is 2.87. The Balaban J connectivity index is 3.33. The topological polar surface area (TPSA) is 63.4 Å². The number of sulfonamides is 1. The van der Waals surface area contributed by atoms with E-state index in [1.54, 1.807) is 6.92 Å². The summed E-state index contributed by atoms with van der Waals surface area (Å²) >= 11 is 2.83. The Morgan fingerprint density at radius 1 is 1.39 bits per heavy atom. The number of halogens is 3. The molecule has 0 aromatic heterocycles. The molecule has 18 heavy (non-hydrogen) atoms. The number of nitrogens with two attached hydrogens (primary N) is 1. The molecular weight excluding hydrogens is 330 g/mol. The van der Waals surface area contributed by atoms with Crippen LogP contribution in [-0.2, 0) is 10.0 Å². The van der Waals surface area contributed by atoms with Crippen LogP contribution in [0.5, 0.6) is 0 Å². The smallest absolute Gasteiger partial charge is 0.246 e. The molecule has 2 N–H and O–H groups in total. The Kier molecular flexibility index (Phi) is 4.82. The first kappa shape index (κ1) is 15.5. The highest BCUT2D eigenvalue weighted by Crippen LogP contribution is 2.26. The minimum absolute atomic E-state index is 0.0969. The van der Waals surface area contributed by atoms with Crippen LogP contribution < -0.4 is 5.73 Å². The predicted molar refractivity (Wildman–Crippen MR) is 67.5 cm³/mol. The second-order valence-corrected chi connectivity index (χ2v) is 6.62. The molecule has 0 saturated heterocycles. The van der Waals surface area contributed by atoms with E-state index in [9.17, 15) is 17.2 Å². The van der Waals surface area contributed by atoms with E-state index >= 15 is 0 Å². The summed E-state index contributed by atoms with van der Waals surface area (Å²) in [6, 6.07) is 0.940. The van der Waals surface area contributed by atoms with E-state index < -0.39 is 32.6 Å². The Bertz CT molecular complexity index is 551. The van der Waals surface area contributed by atoms with Crippen LogP contribution in [0.25, 0.3) is 0 Å². The first-order valence-electron chi connectivity index (χ1n) is 5.04. The number of hydrogen-bond donors (Lipinski definition) is 1. The summed E-state index contributed by atoms with van der Waals surface area (Å²) < 4.78 is 51.7. The molecule has 1 atom stereocenters. The fourth-order valence-electron chi connectivity index (χ4n) is 1.24. The number of nitrogens with zero attached hydrogens (tertiary/aromatic N) is 1. The van der Waals surface area contributed by atoms with Crippen molar-refractivity contribution < 1.29 is 17.2 Å². The highest BCUT2D eigenvalue weighted by atomic mass is 79.9. The van der Waals surface area contributed by atoms with Crippen molar-refractivity contribution in [3.63, 3.8) is 0 Å². The summed E-state index contributed by atoms with van der Waals surface area (Å²) in [5.74, 6) is -1.99. The Morgan fingerprint density at radius 3 is 2.44 bits per heavy atom. The van der Waals surface area contributed by atoms with Gasteiger partial charge in [0.25, 0.3) is 0 Å². The Labute approximate surface area is 113 Å². The number of benzene rings is 1. The minimum Gasteiger partial charge on any atom is -0.329 e. The Morgan fingerprint density at radius 2 is 1.94 bits per heavy atom. The average molecular weight is 343 g/mol. The lowest BCUT2D eigenvalue weighted by molar-refractivity contribution is 0.391. The Hall–Kier alpha value is -0.570. The first-order chi connectivity index (χ1) is 8.21. The van der Waals surface area contributed by atoms with Gasteiger partial charge in [-0.25, -0.2) is 17.2 Å². The van der Waals surface area contributed by atoms with Crippen molar-refractivity contribution in [2.45, 2.75) is 17.9 Å². The first-order valence-corrected chi connectivity index (χ1v) is 7.27. The van der Waals surface area contributed by atoms with E-state index in [2.05, 4.69) is 15.9 Å². The van der Waals surface area contributed by atoms with Crippen LogP contribution in [0.2, 0.25) is 0 Å². The molecule has 0 aliphatic carbocycles. The van der Waals surface area contributed by atoms with Crippen molar-refractivity contribution in [2.24, 2.45) is 5.73 Å². The molecule has 1 rings (SSSR count). The zero-order valence-corrected chi connectivity index (χ0v) is 12.2. The number of hydrogen-bond acceptors (Lipinski definition) is 3. The van der Waals surface area contributed by atoms with Gasteiger partial charge in [0.1, 0.15) is 16.5 Å². The van der Waals surface area contributed by atoms with E-state index in [1.807, 2.05) is 0 Å². The lowest BCUT2D eigenvalue weighted by Gasteiger charge is -2.23. The molecule has 0 amide bonds. The van der Waals surface area contributed by atoms with Crippen LogP contribution in [0.3, 0.4) is 0 Å². The highest BCUT2D eigenvalue weighted by Gasteiger charge is 2.28. The molecule has 0 radical (unpaired) electrons. The molecule has 8 heteroatoms. The van der Waals surface area contributed by atoms with Gasteiger partial charge in [-0.05, 0) is 28.9 Å². The van der Waals surface area contributed by atoms with Crippen LogP contribution in [0.1, 0.15) is 6.92 Å². The quantitative estimate of drug-likeness (QED) is 0.847. The molecule has 0 bridgehead atoms. The maximum atomic E-state index is 13.6. The van der Waals surface area contributed by atoms with Gasteiger partial charge < -0.3 is 5.73 Å². The molecule has 0 aliphatic heterocycles. The van der Waals surface area contributed by atoms with Crippen molar-refractivity contribution in [3.8, 4) is 0 Å². The van der Waals surface area contributed by atoms with Crippen molar-refractivity contribution in [2.75, 3.05) is 13.6 Å². The molecule has 4 nitrogen and oxygen atoms in total. The van der Waals surface area contributed by atoms with Crippen LogP contribution in [0.4, 0.5) is 8.78 Å². The molecule has 0 fully saturated rings. The summed E-state index contributed by atoms with van der Waals surface area (Å²) in [5.41, 5.74) is 5.37. The highest BCUT2D eigenvalue weighted by molar-refractivity contribution is 9.10. The van der Waals surface area contributed by atoms with Crippen LogP contribution in [0.15, 0.2) is 21.5 Å². The van der Waals surface area contributed by atoms with Gasteiger partial charge in [0, 0.05) is 25.7 Å². The molecule has 0 heterocycles. The van der Waals surface area contributed by atoms with Crippen molar-refractivity contribution in [1.29, 1.82) is 0 Å². The van der Waals surface area contributed by atoms with Gasteiger partial charge in [0.05, 0.1) is 4.47 Å². The van der Waals surface area contributed by atoms with E-state index in [1.165, 1.54) is 7.05 Å². The fourth-order valence-corrected chi connectivity index (χ4v) is 3.18. The molecular formula is C10H13BrF2N2O2S. The van der Waals surface area contributed by atoms with E-state index in [0.29, 0.717) is 6.07 Å². The summed E-state index contributed by atoms with van der Waals surface area (Å²) in [7, 11) is -2.74. The van der Waals surface area contributed by atoms with Gasteiger partial charge in [-0.3, -0.25) is 0 Å². The molecule has 0 spiro atoms. The van der Waals surface area contributed by atoms with Crippen molar-refractivity contribution >= 4 is 26.0 Å². The molecule has 102 valence electrons. The van der Waals surface area contributed by atoms with Crippen molar-refractivity contribution in [1.82, 2.24) is 4.31 Å². The van der Waals surface area contributed by atoms with E-state index in [0.717, 1.165) is 10.4 Å². The van der Waals surface area contributed by atoms with Gasteiger partial charge in [-0.1, -0.05) is 0 Å². The zero-order chi connectivity index (χ0) is 14.1. The lowest BCUT2D eigenvalue weighted by atomic mass is 10.3. The molecule has 0 saturated carbocycles. The number of rotatable bonds is 4. The monoisotopic (exact) mass is 342 g/mol. The second kappa shape index (κ2) is 5.60. The van der Waals surface area contributed by atoms with Crippen LogP contribution >= 0.6 is 15.9 Å². The van der Waals surface area contributed by atoms with Gasteiger partial charge in [-0.2, -0.15) is 4.31 Å². The normalized spacial score (nSPS) is 13.9. The molecule has 0 aliphatic rings. The summed E-state index contributed by atoms with van der Waals surface area (Å²) in [6.45, 7) is 1.69. The van der Waals surface area contributed by atoms with E-state index in [-0.39, 0.29) is 11.0 Å². The summed E-state index contributed by atoms with van der Waals surface area (Å²) in [5, 5.41) is 0. The maximum Gasteiger partial charge on any atom is 0.246 e. The van der Waals surface area contributed by atoms with Crippen LogP contribution in [0, 0.1) is 11.6 Å². The van der Waals surface area contributed by atoms with Crippen molar-refractivity contribution in [3.05, 3.63) is 28.2 Å². The van der Waals surface area contributed by atoms with Crippen LogP contribution in [-0.4, -0.2) is 32.4 Å². The summed E-state index contributed by atoms with van der Waals surface area (Å²) in [6.07, 6.45) is 0. The van der Waals surface area contributed by atoms with Gasteiger partial charge >= 0.3 is 0 Å². The zero-order valence-electron chi connectivity index (χ0n) is 9.82. The SMILES string of the molecule is CC(CN)N(C)S(=O)(=O)c1cc(Br)c(F)cc1F. The standard InChI is InChI=1S/C10H13BrF2N2O2S/c1-6(5-14)15(2)18(16,17)10-3-7(11)8(12)4-9(10)13/h3-4,6H,5,14H2,1-2H3. The maximum absolute atomic E-state index is 13.6. The molecule has 1 aromatic rings. The second-order valence-electron chi connectivity index (χ2n) is 3.80. The van der Waals surface area contributed by atoms with Gasteiger partial charge in [0.2, 0.25) is 10.0 Å². The fraction of sp³-hybridized carbons (Fsp3) is 0.400. The average Bonchev–Trinajstić information content (AvgIpc) is 2.31. The largest absolute Gasteiger partial charge is 0.329 e.